The molecule has 2 rings (SSSR count). The molecule has 1 fully saturated rings. The highest BCUT2D eigenvalue weighted by molar-refractivity contribution is 6.31. The van der Waals surface area contributed by atoms with Gasteiger partial charge in [0.05, 0.1) is 19.6 Å². The fraction of sp³-hybridized carbons (Fsp3) is 0.429. The summed E-state index contributed by atoms with van der Waals surface area (Å²) in [5.41, 5.74) is 0.904. The number of nitrogens with zero attached hydrogens (tertiary/aromatic N) is 1. The van der Waals surface area contributed by atoms with Crippen molar-refractivity contribution in [3.63, 3.8) is 0 Å². The van der Waals surface area contributed by atoms with Gasteiger partial charge in [-0.3, -0.25) is 9.59 Å². The highest BCUT2D eigenvalue weighted by Gasteiger charge is 2.30. The van der Waals surface area contributed by atoms with Gasteiger partial charge in [-0.2, -0.15) is 0 Å². The number of carbonyl (C=O) groups is 2. The lowest BCUT2D eigenvalue weighted by molar-refractivity contribution is -0.146. The molecule has 1 saturated heterocycles. The molecule has 0 spiro atoms. The number of halogens is 2. The van der Waals surface area contributed by atoms with Crippen molar-refractivity contribution in [1.29, 1.82) is 0 Å². The zero-order valence-corrected chi connectivity index (χ0v) is 13.2. The number of rotatable bonds is 4. The maximum absolute atomic E-state index is 12.3. The molecular weight excluding hydrogens is 315 g/mol. The number of benzene rings is 1. The number of hydrogen-bond donors (Lipinski definition) is 1. The predicted molar refractivity (Wildman–Crippen MR) is 82.5 cm³/mol. The van der Waals surface area contributed by atoms with E-state index in [1.165, 1.54) is 7.11 Å². The van der Waals surface area contributed by atoms with Gasteiger partial charge in [-0.1, -0.05) is 29.8 Å². The highest BCUT2D eigenvalue weighted by Crippen LogP contribution is 2.18. The summed E-state index contributed by atoms with van der Waals surface area (Å²) in [5, 5.41) is 3.68. The number of hydrogen-bond acceptors (Lipinski definition) is 4. The van der Waals surface area contributed by atoms with Gasteiger partial charge in [0.1, 0.15) is 0 Å². The molecule has 0 aliphatic carbocycles. The van der Waals surface area contributed by atoms with E-state index < -0.39 is 12.0 Å². The van der Waals surface area contributed by atoms with E-state index in [9.17, 15) is 9.59 Å². The van der Waals surface area contributed by atoms with E-state index in [1.54, 1.807) is 11.0 Å². The lowest BCUT2D eigenvalue weighted by Crippen LogP contribution is -2.55. The van der Waals surface area contributed by atoms with E-state index in [1.807, 2.05) is 18.2 Å². The van der Waals surface area contributed by atoms with E-state index >= 15 is 0 Å². The average molecular weight is 333 g/mol. The number of nitrogens with one attached hydrogen (secondary N) is 1. The molecule has 1 atom stereocenters. The second-order valence-electron chi connectivity index (χ2n) is 4.64. The van der Waals surface area contributed by atoms with Gasteiger partial charge in [0.15, 0.2) is 0 Å². The summed E-state index contributed by atoms with van der Waals surface area (Å²) >= 11 is 6.11. The Morgan fingerprint density at radius 1 is 1.48 bits per heavy atom. The number of piperazine rings is 1. The molecule has 1 N–H and O–H groups in total. The Morgan fingerprint density at radius 3 is 2.86 bits per heavy atom. The Balaban J connectivity index is 0.00000220. The Morgan fingerprint density at radius 2 is 2.19 bits per heavy atom. The monoisotopic (exact) mass is 332 g/mol. The number of esters is 1. The van der Waals surface area contributed by atoms with Gasteiger partial charge >= 0.3 is 5.97 Å². The number of amides is 1. The molecule has 116 valence electrons. The Hall–Kier alpha value is -1.30. The van der Waals surface area contributed by atoms with Crippen molar-refractivity contribution < 1.29 is 14.3 Å². The summed E-state index contributed by atoms with van der Waals surface area (Å²) in [6.45, 7) is 1.71. The molecule has 1 amide bonds. The van der Waals surface area contributed by atoms with Crippen LogP contribution in [0.2, 0.25) is 5.02 Å². The minimum Gasteiger partial charge on any atom is -0.469 e. The molecule has 1 aliphatic rings. The van der Waals surface area contributed by atoms with Crippen molar-refractivity contribution in [3.8, 4) is 0 Å². The Bertz CT molecular complexity index is 511. The van der Waals surface area contributed by atoms with Crippen LogP contribution >= 0.6 is 24.0 Å². The summed E-state index contributed by atoms with van der Waals surface area (Å²) in [6, 6.07) is 6.92. The quantitative estimate of drug-likeness (QED) is 0.851. The summed E-state index contributed by atoms with van der Waals surface area (Å²) in [7, 11) is 1.32. The zero-order valence-electron chi connectivity index (χ0n) is 11.7. The lowest BCUT2D eigenvalue weighted by Gasteiger charge is -2.33. The number of ether oxygens (including phenoxy) is 1. The second kappa shape index (κ2) is 8.22. The van der Waals surface area contributed by atoms with Gasteiger partial charge < -0.3 is 15.0 Å². The Labute approximate surface area is 135 Å². The van der Waals surface area contributed by atoms with Crippen LogP contribution in [0, 0.1) is 0 Å². The topological polar surface area (TPSA) is 58.6 Å². The third-order valence-electron chi connectivity index (χ3n) is 3.30. The van der Waals surface area contributed by atoms with Crippen molar-refractivity contribution in [2.45, 2.75) is 19.0 Å². The van der Waals surface area contributed by atoms with Gasteiger partial charge in [-0.05, 0) is 11.6 Å². The molecule has 0 bridgehead atoms. The van der Waals surface area contributed by atoms with Crippen LogP contribution in [0.5, 0.6) is 0 Å². The van der Waals surface area contributed by atoms with Crippen LogP contribution in [0.25, 0.3) is 0 Å². The molecule has 1 aromatic carbocycles. The van der Waals surface area contributed by atoms with Crippen molar-refractivity contribution in [3.05, 3.63) is 34.9 Å². The first kappa shape index (κ1) is 17.8. The molecule has 1 unspecified atom stereocenters. The van der Waals surface area contributed by atoms with Crippen molar-refractivity contribution in [2.24, 2.45) is 0 Å². The van der Waals surface area contributed by atoms with E-state index in [2.05, 4.69) is 10.1 Å². The molecular formula is C14H18Cl2N2O3. The molecule has 7 heteroatoms. The first-order valence-corrected chi connectivity index (χ1v) is 6.82. The lowest BCUT2D eigenvalue weighted by atomic mass is 10.1. The zero-order chi connectivity index (χ0) is 14.5. The first-order chi connectivity index (χ1) is 9.61. The van der Waals surface area contributed by atoms with Gasteiger partial charge in [0.2, 0.25) is 5.91 Å². The molecule has 1 aromatic rings. The number of carbonyl (C=O) groups excluding carboxylic acids is 2. The second-order valence-corrected chi connectivity index (χ2v) is 5.05. The van der Waals surface area contributed by atoms with Crippen LogP contribution < -0.4 is 5.32 Å². The van der Waals surface area contributed by atoms with Gasteiger partial charge in [0.25, 0.3) is 0 Å². The largest absolute Gasteiger partial charge is 0.469 e. The van der Waals surface area contributed by atoms with E-state index in [4.69, 9.17) is 11.6 Å². The van der Waals surface area contributed by atoms with Crippen LogP contribution in [0.1, 0.15) is 12.0 Å². The van der Waals surface area contributed by atoms with Crippen molar-refractivity contribution >= 4 is 35.9 Å². The van der Waals surface area contributed by atoms with Crippen LogP contribution in [-0.2, 0) is 20.9 Å². The van der Waals surface area contributed by atoms with Crippen LogP contribution in [0.3, 0.4) is 0 Å². The molecule has 0 radical (unpaired) electrons. The van der Waals surface area contributed by atoms with E-state index in [-0.39, 0.29) is 24.7 Å². The Kier molecular flexibility index (Phi) is 6.95. The maximum atomic E-state index is 12.3. The molecule has 1 aliphatic heterocycles. The maximum Gasteiger partial charge on any atom is 0.307 e. The third kappa shape index (κ3) is 4.59. The molecule has 21 heavy (non-hydrogen) atoms. The normalized spacial score (nSPS) is 18.1. The van der Waals surface area contributed by atoms with Crippen molar-refractivity contribution in [1.82, 2.24) is 10.2 Å². The minimum absolute atomic E-state index is 0. The van der Waals surface area contributed by atoms with Gasteiger partial charge in [-0.25, -0.2) is 0 Å². The first-order valence-electron chi connectivity index (χ1n) is 6.44. The van der Waals surface area contributed by atoms with E-state index in [0.717, 1.165) is 5.56 Å². The van der Waals surface area contributed by atoms with Crippen LogP contribution in [0.15, 0.2) is 24.3 Å². The fourth-order valence-electron chi connectivity index (χ4n) is 2.19. The minimum atomic E-state index is -0.515. The standard InChI is InChI=1S/C14H17ClN2O3.ClH/c1-20-13(18)8-12-14(19)17(7-6-16-12)9-10-4-2-3-5-11(10)15;/h2-5,12,16H,6-9H2,1H3;1H. The smallest absolute Gasteiger partial charge is 0.307 e. The average Bonchev–Trinajstić information content (AvgIpc) is 2.45. The third-order valence-corrected chi connectivity index (χ3v) is 3.67. The predicted octanol–water partition coefficient (Wildman–Crippen LogP) is 1.63. The van der Waals surface area contributed by atoms with Gasteiger partial charge in [0, 0.05) is 24.7 Å². The van der Waals surface area contributed by atoms with Crippen LogP contribution in [-0.4, -0.2) is 43.0 Å². The van der Waals surface area contributed by atoms with E-state index in [0.29, 0.717) is 24.7 Å². The summed E-state index contributed by atoms with van der Waals surface area (Å²) in [5.74, 6) is -0.489. The fourth-order valence-corrected chi connectivity index (χ4v) is 2.39. The molecule has 0 saturated carbocycles. The number of methoxy groups -OCH3 is 1. The summed E-state index contributed by atoms with van der Waals surface area (Å²) in [6.07, 6.45) is 0.0500. The molecule has 0 aromatic heterocycles. The molecule has 1 heterocycles. The summed E-state index contributed by atoms with van der Waals surface area (Å²) < 4.78 is 4.60. The SMILES string of the molecule is COC(=O)CC1NCCN(Cc2ccccc2Cl)C1=O.Cl. The summed E-state index contributed by atoms with van der Waals surface area (Å²) in [4.78, 5) is 25.3. The highest BCUT2D eigenvalue weighted by atomic mass is 35.5. The van der Waals surface area contributed by atoms with Crippen LogP contribution in [0.4, 0.5) is 0 Å². The molecule has 5 nitrogen and oxygen atoms in total. The van der Waals surface area contributed by atoms with Gasteiger partial charge in [-0.15, -0.1) is 12.4 Å². The van der Waals surface area contributed by atoms with Crippen molar-refractivity contribution in [2.75, 3.05) is 20.2 Å².